The molecule has 0 amide bonds. The molecule has 0 bridgehead atoms. The van der Waals surface area contributed by atoms with Gasteiger partial charge in [0.2, 0.25) is 0 Å². The van der Waals surface area contributed by atoms with Gasteiger partial charge in [-0.3, -0.25) is 4.98 Å². The lowest BCUT2D eigenvalue weighted by atomic mass is 10.1. The maximum absolute atomic E-state index is 11.7. The molecule has 4 nitrogen and oxygen atoms in total. The molecule has 0 saturated carbocycles. The number of nitrogens with zero attached hydrogens (tertiary/aromatic N) is 2. The zero-order valence-corrected chi connectivity index (χ0v) is 11.0. The molecule has 0 radical (unpaired) electrons. The molecule has 19 heavy (non-hydrogen) atoms. The normalized spacial score (nSPS) is 10.0. The molecule has 0 aliphatic rings. The fourth-order valence-corrected chi connectivity index (χ4v) is 1.91. The van der Waals surface area contributed by atoms with Crippen molar-refractivity contribution in [1.82, 2.24) is 4.98 Å². The number of methoxy groups -OCH3 is 1. The van der Waals surface area contributed by atoms with E-state index in [2.05, 4.69) is 4.98 Å². The second-order valence-electron chi connectivity index (χ2n) is 4.19. The number of hydrogen-bond donors (Lipinski definition) is 0. The summed E-state index contributed by atoms with van der Waals surface area (Å²) >= 11 is 0. The second kappa shape index (κ2) is 6.00. The molecule has 0 N–H and O–H groups in total. The molecule has 0 saturated heterocycles. The summed E-state index contributed by atoms with van der Waals surface area (Å²) in [6.45, 7) is 0.634. The number of anilines is 1. The van der Waals surface area contributed by atoms with Crippen molar-refractivity contribution in [3.63, 3.8) is 0 Å². The summed E-state index contributed by atoms with van der Waals surface area (Å²) < 4.78 is 4.80. The van der Waals surface area contributed by atoms with Gasteiger partial charge in [-0.2, -0.15) is 0 Å². The summed E-state index contributed by atoms with van der Waals surface area (Å²) in [6.07, 6.45) is 1.76. The van der Waals surface area contributed by atoms with Crippen molar-refractivity contribution in [2.45, 2.75) is 6.54 Å². The number of aromatic nitrogens is 1. The van der Waals surface area contributed by atoms with Crippen LogP contribution in [0.3, 0.4) is 0 Å². The molecule has 1 heterocycles. The van der Waals surface area contributed by atoms with Crippen molar-refractivity contribution in [3.8, 4) is 0 Å². The highest BCUT2D eigenvalue weighted by molar-refractivity contribution is 5.95. The van der Waals surface area contributed by atoms with E-state index in [0.717, 1.165) is 11.4 Å². The van der Waals surface area contributed by atoms with Gasteiger partial charge in [0, 0.05) is 13.2 Å². The van der Waals surface area contributed by atoms with Crippen LogP contribution in [0, 0.1) is 0 Å². The number of pyridine rings is 1. The average molecular weight is 256 g/mol. The third kappa shape index (κ3) is 3.10. The maximum atomic E-state index is 11.7. The van der Waals surface area contributed by atoms with Gasteiger partial charge in [0.1, 0.15) is 0 Å². The summed E-state index contributed by atoms with van der Waals surface area (Å²) in [4.78, 5) is 18.0. The molecular weight excluding hydrogens is 240 g/mol. The van der Waals surface area contributed by atoms with Crippen molar-refractivity contribution in [2.24, 2.45) is 0 Å². The lowest BCUT2D eigenvalue weighted by molar-refractivity contribution is 0.0601. The predicted molar refractivity (Wildman–Crippen MR) is 74.1 cm³/mol. The third-order valence-corrected chi connectivity index (χ3v) is 2.85. The van der Waals surface area contributed by atoms with Crippen LogP contribution in [0.15, 0.2) is 48.7 Å². The van der Waals surface area contributed by atoms with Gasteiger partial charge in [0.25, 0.3) is 0 Å². The minimum Gasteiger partial charge on any atom is -0.465 e. The molecule has 2 rings (SSSR count). The van der Waals surface area contributed by atoms with Gasteiger partial charge < -0.3 is 9.64 Å². The minimum atomic E-state index is -0.330. The van der Waals surface area contributed by atoms with Gasteiger partial charge in [0.05, 0.1) is 30.6 Å². The molecular formula is C15H16N2O2. The summed E-state index contributed by atoms with van der Waals surface area (Å²) in [5, 5.41) is 0. The van der Waals surface area contributed by atoms with Crippen molar-refractivity contribution >= 4 is 11.7 Å². The highest BCUT2D eigenvalue weighted by atomic mass is 16.5. The van der Waals surface area contributed by atoms with Crippen molar-refractivity contribution in [3.05, 3.63) is 59.9 Å². The Morgan fingerprint density at radius 3 is 2.63 bits per heavy atom. The summed E-state index contributed by atoms with van der Waals surface area (Å²) in [5.74, 6) is -0.330. The first-order valence-electron chi connectivity index (χ1n) is 6.00. The Labute approximate surface area is 112 Å². The number of rotatable bonds is 4. The third-order valence-electron chi connectivity index (χ3n) is 2.85. The van der Waals surface area contributed by atoms with Crippen molar-refractivity contribution < 1.29 is 9.53 Å². The first-order valence-corrected chi connectivity index (χ1v) is 6.00. The first-order chi connectivity index (χ1) is 9.22. The van der Waals surface area contributed by atoms with E-state index in [1.54, 1.807) is 12.3 Å². The van der Waals surface area contributed by atoms with E-state index in [-0.39, 0.29) is 5.97 Å². The summed E-state index contributed by atoms with van der Waals surface area (Å²) in [7, 11) is 3.31. The monoisotopic (exact) mass is 256 g/mol. The Balaban J connectivity index is 2.24. The number of carbonyl (C=O) groups excluding carboxylic acids is 1. The quantitative estimate of drug-likeness (QED) is 0.788. The number of ether oxygens (including phenoxy) is 1. The lowest BCUT2D eigenvalue weighted by Crippen LogP contribution is -2.20. The highest BCUT2D eigenvalue weighted by Gasteiger charge is 2.14. The van der Waals surface area contributed by atoms with Crippen LogP contribution in [-0.2, 0) is 11.3 Å². The van der Waals surface area contributed by atoms with E-state index < -0.39 is 0 Å². The Morgan fingerprint density at radius 2 is 1.95 bits per heavy atom. The second-order valence-corrected chi connectivity index (χ2v) is 4.19. The molecule has 1 aromatic heterocycles. The smallest absolute Gasteiger partial charge is 0.339 e. The number of hydrogen-bond acceptors (Lipinski definition) is 4. The van der Waals surface area contributed by atoms with Crippen molar-refractivity contribution in [1.29, 1.82) is 0 Å². The van der Waals surface area contributed by atoms with Crippen LogP contribution >= 0.6 is 0 Å². The van der Waals surface area contributed by atoms with E-state index in [1.807, 2.05) is 48.3 Å². The van der Waals surface area contributed by atoms with E-state index in [0.29, 0.717) is 12.1 Å². The average Bonchev–Trinajstić information content (AvgIpc) is 2.47. The molecule has 2 aromatic rings. The van der Waals surface area contributed by atoms with Crippen LogP contribution < -0.4 is 4.90 Å². The predicted octanol–water partition coefficient (Wildman–Crippen LogP) is 2.50. The van der Waals surface area contributed by atoms with Crippen LogP contribution in [-0.4, -0.2) is 25.1 Å². The van der Waals surface area contributed by atoms with Crippen LogP contribution in [0.25, 0.3) is 0 Å². The fraction of sp³-hybridized carbons (Fsp3) is 0.200. The van der Waals surface area contributed by atoms with Crippen LogP contribution in [0.1, 0.15) is 16.1 Å². The number of esters is 1. The van der Waals surface area contributed by atoms with Gasteiger partial charge in [0.15, 0.2) is 0 Å². The molecule has 0 aliphatic heterocycles. The van der Waals surface area contributed by atoms with E-state index >= 15 is 0 Å². The SMILES string of the molecule is COC(=O)c1ccccc1N(C)Cc1ccccn1. The van der Waals surface area contributed by atoms with Gasteiger partial charge in [-0.25, -0.2) is 4.79 Å². The Hall–Kier alpha value is -2.36. The number of benzene rings is 1. The lowest BCUT2D eigenvalue weighted by Gasteiger charge is -2.21. The van der Waals surface area contributed by atoms with E-state index in [9.17, 15) is 4.79 Å². The van der Waals surface area contributed by atoms with Crippen LogP contribution in [0.5, 0.6) is 0 Å². The fourth-order valence-electron chi connectivity index (χ4n) is 1.91. The minimum absolute atomic E-state index is 0.330. The summed E-state index contributed by atoms with van der Waals surface area (Å²) in [6, 6.07) is 13.2. The molecule has 1 aromatic carbocycles. The Morgan fingerprint density at radius 1 is 1.21 bits per heavy atom. The zero-order chi connectivity index (χ0) is 13.7. The molecule has 0 aliphatic carbocycles. The first kappa shape index (κ1) is 13.1. The van der Waals surface area contributed by atoms with Gasteiger partial charge in [-0.1, -0.05) is 18.2 Å². The highest BCUT2D eigenvalue weighted by Crippen LogP contribution is 2.21. The number of para-hydroxylation sites is 1. The topological polar surface area (TPSA) is 42.4 Å². The zero-order valence-electron chi connectivity index (χ0n) is 11.0. The summed E-state index contributed by atoms with van der Waals surface area (Å²) in [5.41, 5.74) is 2.34. The van der Waals surface area contributed by atoms with Gasteiger partial charge in [-0.15, -0.1) is 0 Å². The van der Waals surface area contributed by atoms with E-state index in [1.165, 1.54) is 7.11 Å². The van der Waals surface area contributed by atoms with E-state index in [4.69, 9.17) is 4.74 Å². The standard InChI is InChI=1S/C15H16N2O2/c1-17(11-12-7-5-6-10-16-12)14-9-4-3-8-13(14)15(18)19-2/h3-10H,11H2,1-2H3. The Kier molecular flexibility index (Phi) is 4.13. The van der Waals surface area contributed by atoms with Crippen molar-refractivity contribution in [2.75, 3.05) is 19.1 Å². The molecule has 0 spiro atoms. The number of carbonyl (C=O) groups is 1. The van der Waals surface area contributed by atoms with Gasteiger partial charge >= 0.3 is 5.97 Å². The maximum Gasteiger partial charge on any atom is 0.339 e. The molecule has 0 unspecified atom stereocenters. The largest absolute Gasteiger partial charge is 0.465 e. The van der Waals surface area contributed by atoms with Crippen LogP contribution in [0.4, 0.5) is 5.69 Å². The molecule has 98 valence electrons. The Bertz CT molecular complexity index is 555. The molecule has 4 heteroatoms. The molecule has 0 atom stereocenters. The van der Waals surface area contributed by atoms with Gasteiger partial charge in [-0.05, 0) is 24.3 Å². The van der Waals surface area contributed by atoms with Crippen LogP contribution in [0.2, 0.25) is 0 Å². The molecule has 0 fully saturated rings.